The average Bonchev–Trinajstić information content (AvgIpc) is 2.52. The van der Waals surface area contributed by atoms with Crippen molar-refractivity contribution in [3.05, 3.63) is 60.8 Å². The van der Waals surface area contributed by atoms with Gasteiger partial charge in [-0.05, 0) is 34.4 Å². The lowest BCUT2D eigenvalue weighted by Crippen LogP contribution is -2.34. The summed E-state index contributed by atoms with van der Waals surface area (Å²) in [7, 11) is 0. The van der Waals surface area contributed by atoms with Crippen LogP contribution in [0.3, 0.4) is 0 Å². The van der Waals surface area contributed by atoms with Crippen LogP contribution in [0.5, 0.6) is 0 Å². The second-order valence-electron chi connectivity index (χ2n) is 5.27. The molecule has 1 aromatic heterocycles. The molecule has 0 saturated heterocycles. The van der Waals surface area contributed by atoms with E-state index >= 15 is 0 Å². The highest BCUT2D eigenvalue weighted by atomic mass is 32.2. The Labute approximate surface area is 120 Å². The third-order valence-electron chi connectivity index (χ3n) is 4.18. The maximum atomic E-state index is 2.37. The summed E-state index contributed by atoms with van der Waals surface area (Å²) in [5.41, 5.74) is 1.38. The Hall–Kier alpha value is -2.06. The van der Waals surface area contributed by atoms with Gasteiger partial charge in [0.1, 0.15) is 0 Å². The summed E-state index contributed by atoms with van der Waals surface area (Å²) in [4.78, 5) is 1.41. The Bertz CT molecular complexity index is 1000. The van der Waals surface area contributed by atoms with Crippen LogP contribution in [-0.4, -0.2) is 0 Å². The van der Waals surface area contributed by atoms with Crippen LogP contribution in [0.2, 0.25) is 0 Å². The van der Waals surface area contributed by atoms with Crippen LogP contribution < -0.4 is 4.57 Å². The normalized spacial score (nSPS) is 13.6. The molecule has 0 amide bonds. The molecule has 1 nitrogen and oxygen atoms in total. The van der Waals surface area contributed by atoms with E-state index in [4.69, 9.17) is 0 Å². The molecule has 5 rings (SSSR count). The molecule has 20 heavy (non-hydrogen) atoms. The van der Waals surface area contributed by atoms with Gasteiger partial charge in [0.05, 0.1) is 5.39 Å². The first-order valence-corrected chi connectivity index (χ1v) is 7.80. The largest absolute Gasteiger partial charge is 0.222 e. The molecule has 1 aliphatic heterocycles. The third-order valence-corrected chi connectivity index (χ3v) is 5.22. The summed E-state index contributed by atoms with van der Waals surface area (Å²) in [6, 6.07) is 19.9. The minimum absolute atomic E-state index is 1.00. The van der Waals surface area contributed by atoms with Crippen molar-refractivity contribution in [2.75, 3.05) is 0 Å². The minimum Gasteiger partial charge on any atom is -0.188 e. The number of hydrogen-bond acceptors (Lipinski definition) is 1. The Morgan fingerprint density at radius 1 is 0.850 bits per heavy atom. The summed E-state index contributed by atoms with van der Waals surface area (Å²) < 4.78 is 2.37. The maximum absolute atomic E-state index is 2.37. The first kappa shape index (κ1) is 10.7. The van der Waals surface area contributed by atoms with Gasteiger partial charge in [0.2, 0.25) is 5.52 Å². The highest BCUT2D eigenvalue weighted by Gasteiger charge is 2.22. The molecule has 3 aromatic carbocycles. The highest BCUT2D eigenvalue weighted by molar-refractivity contribution is 7.98. The van der Waals surface area contributed by atoms with Crippen LogP contribution in [0.1, 0.15) is 0 Å². The zero-order chi connectivity index (χ0) is 13.1. The molecule has 0 aliphatic carbocycles. The van der Waals surface area contributed by atoms with Gasteiger partial charge in [-0.15, -0.1) is 0 Å². The molecular weight excluding hydrogens is 262 g/mol. The molecule has 1 aliphatic rings. The molecule has 0 radical (unpaired) electrons. The monoisotopic (exact) mass is 274 g/mol. The SMILES string of the molecule is c1ccc2c(c1)cc1c3c2ccc2ccc[n+](c23)CS1. The molecule has 0 atom stereocenters. The molecule has 0 fully saturated rings. The number of aromatic nitrogens is 1. The molecule has 0 unspecified atom stereocenters. The number of rotatable bonds is 0. The average molecular weight is 274 g/mol. The fourth-order valence-corrected chi connectivity index (χ4v) is 4.35. The number of pyridine rings is 1. The lowest BCUT2D eigenvalue weighted by Gasteiger charge is -2.15. The molecule has 2 heteroatoms. The van der Waals surface area contributed by atoms with Crippen LogP contribution in [0, 0.1) is 0 Å². The summed E-state index contributed by atoms with van der Waals surface area (Å²) in [6.45, 7) is 0. The number of hydrogen-bond donors (Lipinski definition) is 0. The standard InChI is InChI=1S/C18H12NS/c1-2-6-14-13(4-1)10-16-17-15(14)8-7-12-5-3-9-19(11-20-16)18(12)17/h1-10H,11H2/q+1. The third kappa shape index (κ3) is 1.27. The fourth-order valence-electron chi connectivity index (χ4n) is 3.29. The van der Waals surface area contributed by atoms with Gasteiger partial charge in [-0.1, -0.05) is 42.1 Å². The van der Waals surface area contributed by atoms with Crippen molar-refractivity contribution in [3.63, 3.8) is 0 Å². The maximum Gasteiger partial charge on any atom is 0.222 e. The lowest BCUT2D eigenvalue weighted by atomic mass is 9.99. The number of benzene rings is 3. The van der Waals surface area contributed by atoms with Crippen LogP contribution in [0.15, 0.2) is 65.7 Å². The van der Waals surface area contributed by atoms with E-state index in [-0.39, 0.29) is 0 Å². The minimum atomic E-state index is 1.00. The summed E-state index contributed by atoms with van der Waals surface area (Å²) >= 11 is 1.93. The van der Waals surface area contributed by atoms with E-state index in [1.807, 2.05) is 11.8 Å². The summed E-state index contributed by atoms with van der Waals surface area (Å²) in [5, 5.41) is 6.81. The van der Waals surface area contributed by atoms with E-state index in [0.29, 0.717) is 0 Å². The van der Waals surface area contributed by atoms with Crippen LogP contribution in [0.25, 0.3) is 32.4 Å². The Morgan fingerprint density at radius 2 is 1.75 bits per heavy atom. The van der Waals surface area contributed by atoms with Gasteiger partial charge in [0.25, 0.3) is 0 Å². The molecule has 0 saturated carbocycles. The van der Waals surface area contributed by atoms with Crippen LogP contribution in [-0.2, 0) is 5.88 Å². The fraction of sp³-hybridized carbons (Fsp3) is 0.0556. The first-order chi connectivity index (χ1) is 9.92. The van der Waals surface area contributed by atoms with Gasteiger partial charge >= 0.3 is 0 Å². The van der Waals surface area contributed by atoms with Crippen molar-refractivity contribution in [1.29, 1.82) is 0 Å². The van der Waals surface area contributed by atoms with Gasteiger partial charge in [-0.3, -0.25) is 0 Å². The number of fused-ring (bicyclic) bond motifs is 2. The van der Waals surface area contributed by atoms with Gasteiger partial charge in [-0.2, -0.15) is 4.57 Å². The molecule has 0 spiro atoms. The van der Waals surface area contributed by atoms with Gasteiger partial charge in [0, 0.05) is 16.3 Å². The van der Waals surface area contributed by atoms with E-state index in [1.165, 1.54) is 37.3 Å². The first-order valence-electron chi connectivity index (χ1n) is 6.81. The zero-order valence-corrected chi connectivity index (χ0v) is 11.7. The number of nitrogens with zero attached hydrogens (tertiary/aromatic N) is 1. The quantitative estimate of drug-likeness (QED) is 0.337. The van der Waals surface area contributed by atoms with Crippen LogP contribution >= 0.6 is 11.8 Å². The second-order valence-corrected chi connectivity index (χ2v) is 6.26. The molecule has 2 heterocycles. The second kappa shape index (κ2) is 3.74. The zero-order valence-electron chi connectivity index (χ0n) is 10.8. The van der Waals surface area contributed by atoms with Crippen molar-refractivity contribution in [1.82, 2.24) is 0 Å². The number of thioether (sulfide) groups is 1. The predicted octanol–water partition coefficient (Wildman–Crippen LogP) is 4.50. The topological polar surface area (TPSA) is 3.88 Å². The molecule has 0 bridgehead atoms. The smallest absolute Gasteiger partial charge is 0.188 e. The lowest BCUT2D eigenvalue weighted by molar-refractivity contribution is -0.649. The van der Waals surface area contributed by atoms with E-state index in [2.05, 4.69) is 65.4 Å². The molecule has 4 aromatic rings. The van der Waals surface area contributed by atoms with Gasteiger partial charge in [-0.25, -0.2) is 0 Å². The molecular formula is C18H12NS+. The van der Waals surface area contributed by atoms with E-state index in [0.717, 1.165) is 5.88 Å². The Kier molecular flexibility index (Phi) is 2.00. The summed E-state index contributed by atoms with van der Waals surface area (Å²) in [5.74, 6) is 1.00. The predicted molar refractivity (Wildman–Crippen MR) is 85.0 cm³/mol. The van der Waals surface area contributed by atoms with Crippen molar-refractivity contribution in [2.24, 2.45) is 0 Å². The van der Waals surface area contributed by atoms with Crippen molar-refractivity contribution < 1.29 is 4.57 Å². The van der Waals surface area contributed by atoms with Crippen molar-refractivity contribution in [3.8, 4) is 0 Å². The van der Waals surface area contributed by atoms with Crippen molar-refractivity contribution >= 4 is 44.2 Å². The van der Waals surface area contributed by atoms with Crippen molar-refractivity contribution in [2.45, 2.75) is 10.8 Å². The Balaban J connectivity index is 2.17. The van der Waals surface area contributed by atoms with E-state index in [1.54, 1.807) is 0 Å². The van der Waals surface area contributed by atoms with E-state index < -0.39 is 0 Å². The van der Waals surface area contributed by atoms with E-state index in [9.17, 15) is 0 Å². The van der Waals surface area contributed by atoms with Gasteiger partial charge < -0.3 is 0 Å². The molecule has 0 N–H and O–H groups in total. The Morgan fingerprint density at radius 3 is 2.75 bits per heavy atom. The summed E-state index contributed by atoms with van der Waals surface area (Å²) in [6.07, 6.45) is 2.19. The van der Waals surface area contributed by atoms with Gasteiger partial charge in [0.15, 0.2) is 12.1 Å². The van der Waals surface area contributed by atoms with Crippen LogP contribution in [0.4, 0.5) is 0 Å². The molecule has 94 valence electrons. The highest BCUT2D eigenvalue weighted by Crippen LogP contribution is 2.39.